The Labute approximate surface area is 122 Å². The SMILES string of the molecule is CC(NC(C)(C)c1ccc2c(c1)OCO2)c1nccs1. The Morgan fingerprint density at radius 3 is 2.85 bits per heavy atom. The number of hydrogen-bond donors (Lipinski definition) is 1. The van der Waals surface area contributed by atoms with Gasteiger partial charge in [-0.25, -0.2) is 4.98 Å². The summed E-state index contributed by atoms with van der Waals surface area (Å²) in [6, 6.07) is 6.30. The van der Waals surface area contributed by atoms with Crippen molar-refractivity contribution in [3.63, 3.8) is 0 Å². The molecule has 0 radical (unpaired) electrons. The van der Waals surface area contributed by atoms with Crippen LogP contribution in [-0.4, -0.2) is 11.8 Å². The van der Waals surface area contributed by atoms with Gasteiger partial charge in [-0.2, -0.15) is 0 Å². The van der Waals surface area contributed by atoms with Gasteiger partial charge in [0.15, 0.2) is 11.5 Å². The first kappa shape index (κ1) is 13.4. The number of fused-ring (bicyclic) bond motifs is 1. The number of nitrogens with one attached hydrogen (secondary N) is 1. The lowest BCUT2D eigenvalue weighted by atomic mass is 9.93. The Hall–Kier alpha value is -1.59. The van der Waals surface area contributed by atoms with E-state index in [-0.39, 0.29) is 11.6 Å². The average molecular weight is 290 g/mol. The van der Waals surface area contributed by atoms with E-state index in [2.05, 4.69) is 37.1 Å². The Morgan fingerprint density at radius 2 is 2.10 bits per heavy atom. The molecule has 106 valence electrons. The first-order valence-electron chi connectivity index (χ1n) is 6.63. The molecule has 1 aliphatic rings. The minimum Gasteiger partial charge on any atom is -0.454 e. The Bertz CT molecular complexity index is 596. The van der Waals surface area contributed by atoms with E-state index in [0.717, 1.165) is 16.5 Å². The molecule has 0 aliphatic carbocycles. The van der Waals surface area contributed by atoms with Crippen molar-refractivity contribution in [3.8, 4) is 11.5 Å². The average Bonchev–Trinajstić information content (AvgIpc) is 3.08. The lowest BCUT2D eigenvalue weighted by Crippen LogP contribution is -2.38. The zero-order chi connectivity index (χ0) is 14.2. The molecule has 20 heavy (non-hydrogen) atoms. The second-order valence-corrected chi connectivity index (χ2v) is 6.36. The van der Waals surface area contributed by atoms with Gasteiger partial charge in [-0.05, 0) is 38.5 Å². The fourth-order valence-electron chi connectivity index (χ4n) is 2.42. The molecule has 1 N–H and O–H groups in total. The van der Waals surface area contributed by atoms with E-state index in [1.807, 2.05) is 23.7 Å². The molecule has 5 heteroatoms. The summed E-state index contributed by atoms with van der Waals surface area (Å²) in [5, 5.41) is 6.71. The predicted octanol–water partition coefficient (Wildman–Crippen LogP) is 3.46. The minimum atomic E-state index is -0.175. The lowest BCUT2D eigenvalue weighted by Gasteiger charge is -2.30. The third-order valence-corrected chi connectivity index (χ3v) is 4.45. The molecule has 1 atom stereocenters. The monoisotopic (exact) mass is 290 g/mol. The molecule has 1 aromatic carbocycles. The van der Waals surface area contributed by atoms with Crippen LogP contribution in [0.15, 0.2) is 29.8 Å². The number of aromatic nitrogens is 1. The van der Waals surface area contributed by atoms with Gasteiger partial charge in [0.25, 0.3) is 0 Å². The van der Waals surface area contributed by atoms with Gasteiger partial charge in [-0.1, -0.05) is 6.07 Å². The second-order valence-electron chi connectivity index (χ2n) is 5.43. The fourth-order valence-corrected chi connectivity index (χ4v) is 3.07. The summed E-state index contributed by atoms with van der Waals surface area (Å²) in [6.07, 6.45) is 1.84. The van der Waals surface area contributed by atoms with Crippen LogP contribution in [0.1, 0.15) is 37.4 Å². The highest BCUT2D eigenvalue weighted by molar-refractivity contribution is 7.09. The molecule has 4 nitrogen and oxygen atoms in total. The van der Waals surface area contributed by atoms with Crippen molar-refractivity contribution in [1.82, 2.24) is 10.3 Å². The minimum absolute atomic E-state index is 0.175. The van der Waals surface area contributed by atoms with Crippen molar-refractivity contribution in [2.24, 2.45) is 0 Å². The van der Waals surface area contributed by atoms with Gasteiger partial charge >= 0.3 is 0 Å². The number of thiazole rings is 1. The maximum atomic E-state index is 5.45. The van der Waals surface area contributed by atoms with Crippen molar-refractivity contribution in [2.75, 3.05) is 6.79 Å². The van der Waals surface area contributed by atoms with Crippen molar-refractivity contribution < 1.29 is 9.47 Å². The van der Waals surface area contributed by atoms with Crippen LogP contribution < -0.4 is 14.8 Å². The Balaban J connectivity index is 1.81. The normalized spacial score (nSPS) is 15.3. The smallest absolute Gasteiger partial charge is 0.231 e. The van der Waals surface area contributed by atoms with E-state index < -0.39 is 0 Å². The van der Waals surface area contributed by atoms with E-state index in [1.165, 1.54) is 5.56 Å². The molecule has 1 aromatic heterocycles. The van der Waals surface area contributed by atoms with Gasteiger partial charge < -0.3 is 9.47 Å². The van der Waals surface area contributed by atoms with Gasteiger partial charge in [-0.3, -0.25) is 5.32 Å². The van der Waals surface area contributed by atoms with Crippen LogP contribution in [-0.2, 0) is 5.54 Å². The fraction of sp³-hybridized carbons (Fsp3) is 0.400. The van der Waals surface area contributed by atoms with Crippen molar-refractivity contribution in [2.45, 2.75) is 32.4 Å². The largest absolute Gasteiger partial charge is 0.454 e. The molecule has 0 amide bonds. The number of ether oxygens (including phenoxy) is 2. The third-order valence-electron chi connectivity index (χ3n) is 3.49. The van der Waals surface area contributed by atoms with Crippen LogP contribution in [0.3, 0.4) is 0 Å². The summed E-state index contributed by atoms with van der Waals surface area (Å²) >= 11 is 1.67. The number of hydrogen-bond acceptors (Lipinski definition) is 5. The van der Waals surface area contributed by atoms with E-state index in [1.54, 1.807) is 11.3 Å². The van der Waals surface area contributed by atoms with Crippen LogP contribution in [0.2, 0.25) is 0 Å². The van der Waals surface area contributed by atoms with Crippen molar-refractivity contribution in [3.05, 3.63) is 40.3 Å². The first-order valence-corrected chi connectivity index (χ1v) is 7.51. The molecule has 1 unspecified atom stereocenters. The van der Waals surface area contributed by atoms with Gasteiger partial charge in [0, 0.05) is 17.1 Å². The first-order chi connectivity index (χ1) is 9.56. The van der Waals surface area contributed by atoms with Crippen LogP contribution in [0, 0.1) is 0 Å². The van der Waals surface area contributed by atoms with Crippen molar-refractivity contribution >= 4 is 11.3 Å². The lowest BCUT2D eigenvalue weighted by molar-refractivity contribution is 0.174. The Kier molecular flexibility index (Phi) is 3.40. The second kappa shape index (κ2) is 5.07. The Morgan fingerprint density at radius 1 is 1.30 bits per heavy atom. The quantitative estimate of drug-likeness (QED) is 0.936. The molecule has 0 fully saturated rings. The number of rotatable bonds is 4. The molecule has 2 aromatic rings. The van der Waals surface area contributed by atoms with Crippen LogP contribution in [0.5, 0.6) is 11.5 Å². The molecule has 0 saturated carbocycles. The van der Waals surface area contributed by atoms with Gasteiger partial charge in [-0.15, -0.1) is 11.3 Å². The molecular formula is C15H18N2O2S. The van der Waals surface area contributed by atoms with Gasteiger partial charge in [0.2, 0.25) is 6.79 Å². The molecular weight excluding hydrogens is 272 g/mol. The molecule has 1 aliphatic heterocycles. The van der Waals surface area contributed by atoms with E-state index >= 15 is 0 Å². The standard InChI is InChI=1S/C15H18N2O2S/c1-10(14-16-6-7-20-14)17-15(2,3)11-4-5-12-13(8-11)19-9-18-12/h4-8,10,17H,9H2,1-3H3. The van der Waals surface area contributed by atoms with Gasteiger partial charge in [0.1, 0.15) is 5.01 Å². The maximum Gasteiger partial charge on any atom is 0.231 e. The highest BCUT2D eigenvalue weighted by Gasteiger charge is 2.26. The summed E-state index contributed by atoms with van der Waals surface area (Å²) in [6.45, 7) is 6.76. The summed E-state index contributed by atoms with van der Waals surface area (Å²) in [4.78, 5) is 4.36. The van der Waals surface area contributed by atoms with Crippen LogP contribution >= 0.6 is 11.3 Å². The molecule has 2 heterocycles. The van der Waals surface area contributed by atoms with E-state index in [4.69, 9.17) is 9.47 Å². The van der Waals surface area contributed by atoms with Crippen LogP contribution in [0.4, 0.5) is 0 Å². The number of benzene rings is 1. The highest BCUT2D eigenvalue weighted by atomic mass is 32.1. The molecule has 0 bridgehead atoms. The molecule has 0 spiro atoms. The van der Waals surface area contributed by atoms with E-state index in [9.17, 15) is 0 Å². The summed E-state index contributed by atoms with van der Waals surface area (Å²) in [7, 11) is 0. The van der Waals surface area contributed by atoms with Crippen LogP contribution in [0.25, 0.3) is 0 Å². The molecule has 0 saturated heterocycles. The predicted molar refractivity (Wildman–Crippen MR) is 79.3 cm³/mol. The third kappa shape index (κ3) is 2.51. The zero-order valence-electron chi connectivity index (χ0n) is 11.8. The molecule has 3 rings (SSSR count). The summed E-state index contributed by atoms with van der Waals surface area (Å²) in [5.74, 6) is 1.64. The maximum absolute atomic E-state index is 5.45. The zero-order valence-corrected chi connectivity index (χ0v) is 12.7. The van der Waals surface area contributed by atoms with E-state index in [0.29, 0.717) is 6.79 Å². The number of nitrogens with zero attached hydrogens (tertiary/aromatic N) is 1. The topological polar surface area (TPSA) is 43.4 Å². The summed E-state index contributed by atoms with van der Waals surface area (Å²) < 4.78 is 10.8. The highest BCUT2D eigenvalue weighted by Crippen LogP contribution is 2.36. The van der Waals surface area contributed by atoms with Crippen molar-refractivity contribution in [1.29, 1.82) is 0 Å². The summed E-state index contributed by atoms with van der Waals surface area (Å²) in [5.41, 5.74) is 0.997. The van der Waals surface area contributed by atoms with Gasteiger partial charge in [0.05, 0.1) is 6.04 Å².